The molecule has 1 aromatic heterocycles. The predicted molar refractivity (Wildman–Crippen MR) is 157 cm³/mol. The second-order valence-electron chi connectivity index (χ2n) is 12.5. The van der Waals surface area contributed by atoms with E-state index in [2.05, 4.69) is 59.3 Å². The highest BCUT2D eigenvalue weighted by Crippen LogP contribution is 2.75. The largest absolute Gasteiger partial charge is 0.408 e. The lowest BCUT2D eigenvalue weighted by Crippen LogP contribution is -2.50. The number of hydrogen-bond donors (Lipinski definition) is 2. The number of aromatic amines is 1. The molecule has 8 atom stereocenters. The molecule has 0 bridgehead atoms. The van der Waals surface area contributed by atoms with Gasteiger partial charge in [-0.1, -0.05) is 44.3 Å². The van der Waals surface area contributed by atoms with Crippen LogP contribution in [0.15, 0.2) is 34.0 Å². The summed E-state index contributed by atoms with van der Waals surface area (Å²) in [5.41, 5.74) is -2.71. The molecule has 1 aliphatic carbocycles. The van der Waals surface area contributed by atoms with Crippen molar-refractivity contribution in [2.24, 2.45) is 5.92 Å². The van der Waals surface area contributed by atoms with Crippen molar-refractivity contribution in [2.75, 3.05) is 6.61 Å². The molecule has 0 amide bonds. The van der Waals surface area contributed by atoms with Crippen molar-refractivity contribution in [2.45, 2.75) is 107 Å². The Morgan fingerprint density at radius 2 is 2.11 bits per heavy atom. The molecule has 1 saturated carbocycles. The fourth-order valence-electron chi connectivity index (χ4n) is 4.98. The minimum Gasteiger partial charge on any atom is -0.408 e. The number of allylic oxidation sites excluding steroid dienone is 1. The van der Waals surface area contributed by atoms with Gasteiger partial charge in [-0.2, -0.15) is 0 Å². The molecule has 9 nitrogen and oxygen atoms in total. The Kier molecular flexibility index (Phi) is 8.55. The van der Waals surface area contributed by atoms with E-state index in [0.717, 1.165) is 19.3 Å². The third kappa shape index (κ3) is 6.04. The van der Waals surface area contributed by atoms with E-state index < -0.39 is 49.8 Å². The summed E-state index contributed by atoms with van der Waals surface area (Å²) in [6.45, 7) is 19.0. The highest BCUT2D eigenvalue weighted by atomic mass is 32.9. The fraction of sp³-hybridized carbons (Fsp3) is 0.760. The van der Waals surface area contributed by atoms with E-state index in [-0.39, 0.29) is 22.5 Å². The molecule has 13 heteroatoms. The Bertz CT molecular complexity index is 1230. The van der Waals surface area contributed by atoms with Gasteiger partial charge in [0.05, 0.1) is 12.7 Å². The first kappa shape index (κ1) is 30.4. The third-order valence-electron chi connectivity index (χ3n) is 8.51. The van der Waals surface area contributed by atoms with Crippen LogP contribution < -0.4 is 11.2 Å². The molecule has 2 aliphatic heterocycles. The molecule has 0 aromatic carbocycles. The number of nitrogens with zero attached hydrogens (tertiary/aromatic N) is 1. The topological polar surface area (TPSA) is 112 Å². The summed E-state index contributed by atoms with van der Waals surface area (Å²) in [6, 6.07) is 1.22. The summed E-state index contributed by atoms with van der Waals surface area (Å²) in [7, 11) is -2.34. The van der Waals surface area contributed by atoms with Crippen LogP contribution in [0.5, 0.6) is 0 Å². The summed E-state index contributed by atoms with van der Waals surface area (Å²) < 4.78 is 26.7. The van der Waals surface area contributed by atoms with Gasteiger partial charge in [0, 0.05) is 17.0 Å². The van der Waals surface area contributed by atoms with Crippen molar-refractivity contribution in [1.82, 2.24) is 9.55 Å². The third-order valence-corrected chi connectivity index (χ3v) is 18.8. The molecule has 214 valence electrons. The Labute approximate surface area is 234 Å². The lowest BCUT2D eigenvalue weighted by Gasteiger charge is -2.40. The number of hydrogen-bond acceptors (Lipinski definition) is 9. The second kappa shape index (κ2) is 10.7. The molecule has 2 N–H and O–H groups in total. The van der Waals surface area contributed by atoms with E-state index in [1.165, 1.54) is 22.4 Å². The molecule has 3 fully saturated rings. The van der Waals surface area contributed by atoms with Crippen LogP contribution in [0.4, 0.5) is 0 Å². The van der Waals surface area contributed by atoms with Gasteiger partial charge in [0.25, 0.3) is 5.56 Å². The molecule has 3 heterocycles. The van der Waals surface area contributed by atoms with Crippen molar-refractivity contribution >= 4 is 37.2 Å². The number of fused-ring (bicyclic) bond motifs is 1. The van der Waals surface area contributed by atoms with Crippen LogP contribution in [0.25, 0.3) is 0 Å². The standard InChI is InChI=1S/C25H41N2O7PS2Si/c1-15(2)16-9-11-25(6)18(13-16)33-35(36,37-25)31-14-17-21(34-38(7,8)24(3,4)5)20(29)22(32-17)27-12-10-19(28)26-23(27)30/h10,12,16-18,20-22,29H,1,9,11,13-14H2,2-8H3,(H,26,28,30)/t16-,17+,18+,20+,21+,22+,25+,35?/m0/s1. The van der Waals surface area contributed by atoms with Crippen molar-refractivity contribution in [3.8, 4) is 0 Å². The van der Waals surface area contributed by atoms with E-state index in [9.17, 15) is 14.7 Å². The molecule has 3 aliphatic rings. The Morgan fingerprint density at radius 3 is 2.71 bits per heavy atom. The van der Waals surface area contributed by atoms with E-state index in [1.54, 1.807) is 11.4 Å². The van der Waals surface area contributed by atoms with Crippen molar-refractivity contribution in [3.63, 3.8) is 0 Å². The molecule has 1 aromatic rings. The predicted octanol–water partition coefficient (Wildman–Crippen LogP) is 4.69. The van der Waals surface area contributed by atoms with Gasteiger partial charge in [0.1, 0.15) is 18.3 Å². The molecule has 2 saturated heterocycles. The molecule has 38 heavy (non-hydrogen) atoms. The second-order valence-corrected chi connectivity index (χ2v) is 23.8. The van der Waals surface area contributed by atoms with Crippen LogP contribution >= 0.6 is 17.1 Å². The number of aliphatic hydroxyl groups excluding tert-OH is 1. The number of ether oxygens (including phenoxy) is 1. The van der Waals surface area contributed by atoms with Gasteiger partial charge in [0.15, 0.2) is 14.5 Å². The Hall–Kier alpha value is -0.563. The molecular formula is C25H41N2O7PS2Si. The number of rotatable bonds is 7. The van der Waals surface area contributed by atoms with Crippen LogP contribution in [-0.2, 0) is 30.0 Å². The van der Waals surface area contributed by atoms with Gasteiger partial charge in [-0.25, -0.2) is 4.79 Å². The first-order valence-electron chi connectivity index (χ1n) is 13.1. The summed E-state index contributed by atoms with van der Waals surface area (Å²) in [6.07, 6.45) is 0.597. The van der Waals surface area contributed by atoms with Crippen LogP contribution in [-0.4, -0.2) is 58.7 Å². The van der Waals surface area contributed by atoms with E-state index >= 15 is 0 Å². The Morgan fingerprint density at radius 1 is 1.42 bits per heavy atom. The number of aromatic nitrogens is 2. The van der Waals surface area contributed by atoms with Crippen LogP contribution in [0, 0.1) is 5.92 Å². The normalized spacial score (nSPS) is 37.8. The van der Waals surface area contributed by atoms with Gasteiger partial charge in [0.2, 0.25) is 5.69 Å². The maximum atomic E-state index is 12.5. The Balaban J connectivity index is 1.55. The molecule has 0 spiro atoms. The molecule has 1 unspecified atom stereocenters. The highest BCUT2D eigenvalue weighted by Gasteiger charge is 2.55. The van der Waals surface area contributed by atoms with E-state index in [1.807, 2.05) is 0 Å². The van der Waals surface area contributed by atoms with Crippen LogP contribution in [0.3, 0.4) is 0 Å². The summed E-state index contributed by atoms with van der Waals surface area (Å²) in [4.78, 5) is 26.3. The summed E-state index contributed by atoms with van der Waals surface area (Å²) in [5, 5.41) is 11.2. The van der Waals surface area contributed by atoms with Gasteiger partial charge >= 0.3 is 5.69 Å². The number of H-pyrrole nitrogens is 1. The summed E-state index contributed by atoms with van der Waals surface area (Å²) in [5.74, 6) is 0.419. The van der Waals surface area contributed by atoms with Gasteiger partial charge < -0.3 is 23.3 Å². The minimum atomic E-state index is -2.69. The smallest absolute Gasteiger partial charge is 0.330 e. The zero-order valence-corrected chi connectivity index (χ0v) is 26.8. The minimum absolute atomic E-state index is 0.00406. The monoisotopic (exact) mass is 604 g/mol. The maximum absolute atomic E-state index is 12.5. The van der Waals surface area contributed by atoms with Crippen molar-refractivity contribution in [3.05, 3.63) is 45.3 Å². The first-order chi connectivity index (χ1) is 17.4. The molecule has 4 rings (SSSR count). The van der Waals surface area contributed by atoms with Crippen molar-refractivity contribution in [1.29, 1.82) is 0 Å². The zero-order valence-electron chi connectivity index (χ0n) is 23.3. The van der Waals surface area contributed by atoms with E-state index in [0.29, 0.717) is 5.92 Å². The number of aliphatic hydroxyl groups is 1. The average Bonchev–Trinajstić information content (AvgIpc) is 3.23. The summed E-state index contributed by atoms with van der Waals surface area (Å²) >= 11 is 7.57. The number of nitrogens with one attached hydrogen (secondary N) is 1. The van der Waals surface area contributed by atoms with Crippen LogP contribution in [0.2, 0.25) is 18.1 Å². The first-order valence-corrected chi connectivity index (χ1v) is 20.0. The molecular weight excluding hydrogens is 563 g/mol. The molecule has 0 radical (unpaired) electrons. The highest BCUT2D eigenvalue weighted by molar-refractivity contribution is 8.68. The fourth-order valence-corrected chi connectivity index (χ4v) is 13.4. The van der Waals surface area contributed by atoms with Crippen molar-refractivity contribution < 1.29 is 23.3 Å². The van der Waals surface area contributed by atoms with E-state index in [4.69, 9.17) is 30.0 Å². The average molecular weight is 605 g/mol. The van der Waals surface area contributed by atoms with Crippen LogP contribution in [0.1, 0.15) is 60.1 Å². The SMILES string of the molecule is C=C(C)[C@H]1CC[C@@]2(C)SP(=S)(OC[C@H]3O[C@@H](n4ccc(=O)[nH]c4=O)[C@H](O)[C@@H]3O[Si](C)(C)C(C)(C)C)O[C@@H]2C1. The lowest BCUT2D eigenvalue weighted by molar-refractivity contribution is -0.0517. The van der Waals surface area contributed by atoms with Gasteiger partial charge in [-0.3, -0.25) is 14.3 Å². The maximum Gasteiger partial charge on any atom is 0.330 e. The quantitative estimate of drug-likeness (QED) is 0.260. The van der Waals surface area contributed by atoms with Gasteiger partial charge in [-0.15, -0.1) is 0 Å². The van der Waals surface area contributed by atoms with Gasteiger partial charge in [-0.05, 0) is 69.0 Å². The zero-order chi connectivity index (χ0) is 28.3. The lowest BCUT2D eigenvalue weighted by atomic mass is 9.77.